The molecule has 7 nitrogen and oxygen atoms in total. The van der Waals surface area contributed by atoms with Gasteiger partial charge in [0.2, 0.25) is 0 Å². The summed E-state index contributed by atoms with van der Waals surface area (Å²) in [5.74, 6) is 0.600. The van der Waals surface area contributed by atoms with E-state index in [1.807, 2.05) is 0 Å². The average Bonchev–Trinajstić information content (AvgIpc) is 2.94. The second kappa shape index (κ2) is 9.07. The Hall–Kier alpha value is -2.58. The Balaban J connectivity index is 1.37. The summed E-state index contributed by atoms with van der Waals surface area (Å²) >= 11 is 5.79. The number of aliphatic imine (C=N–C) groups is 1. The molecule has 0 aromatic heterocycles. The minimum atomic E-state index is -3.54. The van der Waals surface area contributed by atoms with Crippen LogP contribution >= 0.6 is 11.6 Å². The van der Waals surface area contributed by atoms with Gasteiger partial charge in [0, 0.05) is 23.6 Å². The van der Waals surface area contributed by atoms with Gasteiger partial charge in [-0.2, -0.15) is 0 Å². The van der Waals surface area contributed by atoms with Crippen molar-refractivity contribution in [1.82, 2.24) is 4.72 Å². The topological polar surface area (TPSA) is 94.1 Å². The second-order valence-electron chi connectivity index (χ2n) is 5.96. The lowest BCUT2D eigenvalue weighted by Crippen LogP contribution is -2.22. The number of carbonyl (C=O) groups excluding carboxylic acids is 1. The summed E-state index contributed by atoms with van der Waals surface area (Å²) < 4.78 is 36.9. The minimum Gasteiger partial charge on any atom is -0.490 e. The number of sulfonamides is 1. The van der Waals surface area contributed by atoms with E-state index in [2.05, 4.69) is 9.71 Å². The van der Waals surface area contributed by atoms with E-state index < -0.39 is 10.0 Å². The fraction of sp³-hybridized carbons (Fsp3) is 0.263. The number of esters is 1. The zero-order chi connectivity index (χ0) is 20.0. The molecular weight excluding hydrogens is 404 g/mol. The summed E-state index contributed by atoms with van der Waals surface area (Å²) in [6.07, 6.45) is 0.635. The predicted molar refractivity (Wildman–Crippen MR) is 105 cm³/mol. The van der Waals surface area contributed by atoms with Gasteiger partial charge in [0.25, 0.3) is 10.0 Å². The second-order valence-corrected chi connectivity index (χ2v) is 8.05. The van der Waals surface area contributed by atoms with Crippen LogP contribution in [0.15, 0.2) is 58.4 Å². The molecule has 0 bridgehead atoms. The highest BCUT2D eigenvalue weighted by molar-refractivity contribution is 7.90. The maximum absolute atomic E-state index is 12.0. The molecule has 0 unspecified atom stereocenters. The first kappa shape index (κ1) is 20.2. The molecule has 0 radical (unpaired) electrons. The molecular formula is C19H19ClN2O5S. The van der Waals surface area contributed by atoms with E-state index in [1.54, 1.807) is 42.5 Å². The van der Waals surface area contributed by atoms with E-state index in [0.29, 0.717) is 35.1 Å². The third kappa shape index (κ3) is 5.24. The number of halogens is 1. The van der Waals surface area contributed by atoms with Crippen molar-refractivity contribution < 1.29 is 22.7 Å². The highest BCUT2D eigenvalue weighted by Crippen LogP contribution is 2.22. The van der Waals surface area contributed by atoms with Gasteiger partial charge in [0.05, 0.1) is 4.90 Å². The fourth-order valence-electron chi connectivity index (χ4n) is 2.58. The third-order valence-electron chi connectivity index (χ3n) is 3.90. The van der Waals surface area contributed by atoms with Crippen molar-refractivity contribution in [2.45, 2.75) is 17.7 Å². The molecule has 2 aromatic rings. The van der Waals surface area contributed by atoms with Crippen molar-refractivity contribution in [2.75, 3.05) is 19.8 Å². The number of nitrogens with one attached hydrogen (secondary N) is 1. The van der Waals surface area contributed by atoms with Gasteiger partial charge in [-0.3, -0.25) is 14.5 Å². The van der Waals surface area contributed by atoms with Crippen molar-refractivity contribution in [3.63, 3.8) is 0 Å². The van der Waals surface area contributed by atoms with Crippen LogP contribution in [-0.4, -0.2) is 40.0 Å². The predicted octanol–water partition coefficient (Wildman–Crippen LogP) is 2.78. The van der Waals surface area contributed by atoms with Gasteiger partial charge >= 0.3 is 5.97 Å². The Kier molecular flexibility index (Phi) is 6.53. The molecule has 0 fully saturated rings. The Bertz CT molecular complexity index is 974. The van der Waals surface area contributed by atoms with Crippen molar-refractivity contribution in [1.29, 1.82) is 0 Å². The van der Waals surface area contributed by atoms with Gasteiger partial charge in [0.1, 0.15) is 24.8 Å². The summed E-state index contributed by atoms with van der Waals surface area (Å²) in [5.41, 5.74) is 0.546. The third-order valence-corrected chi connectivity index (χ3v) is 5.55. The van der Waals surface area contributed by atoms with Crippen molar-refractivity contribution in [2.24, 2.45) is 4.99 Å². The molecule has 28 heavy (non-hydrogen) atoms. The van der Waals surface area contributed by atoms with E-state index in [4.69, 9.17) is 21.1 Å². The molecule has 3 rings (SSSR count). The summed E-state index contributed by atoms with van der Waals surface area (Å²) in [4.78, 5) is 16.2. The standard InChI is InChI=1S/C19H19ClN2O5S/c20-14-7-9-15(10-8-14)26-12-13-27-18(23)6-3-11-21-19-16-4-1-2-5-17(16)28(24,25)22-19/h1-2,4-5,7-10H,3,6,11-13H2,(H,21,22). The number of hydrogen-bond donors (Lipinski definition) is 1. The first-order valence-electron chi connectivity index (χ1n) is 8.66. The summed E-state index contributed by atoms with van der Waals surface area (Å²) in [6.45, 7) is 0.694. The first-order chi connectivity index (χ1) is 13.5. The average molecular weight is 423 g/mol. The molecule has 0 atom stereocenters. The van der Waals surface area contributed by atoms with E-state index in [9.17, 15) is 13.2 Å². The number of carbonyl (C=O) groups is 1. The van der Waals surface area contributed by atoms with Crippen LogP contribution in [0.2, 0.25) is 5.02 Å². The molecule has 0 saturated heterocycles. The van der Waals surface area contributed by atoms with Crippen LogP contribution in [0.25, 0.3) is 0 Å². The summed E-state index contributed by atoms with van der Waals surface area (Å²) in [7, 11) is -3.54. The molecule has 0 saturated carbocycles. The number of rotatable bonds is 8. The van der Waals surface area contributed by atoms with Crippen molar-refractivity contribution in [3.8, 4) is 5.75 Å². The number of hydrogen-bond acceptors (Lipinski definition) is 6. The van der Waals surface area contributed by atoms with Crippen molar-refractivity contribution >= 4 is 33.4 Å². The highest BCUT2D eigenvalue weighted by atomic mass is 35.5. The molecule has 1 N–H and O–H groups in total. The summed E-state index contributed by atoms with van der Waals surface area (Å²) in [6, 6.07) is 13.5. The minimum absolute atomic E-state index is 0.142. The largest absolute Gasteiger partial charge is 0.490 e. The molecule has 1 heterocycles. The van der Waals surface area contributed by atoms with E-state index >= 15 is 0 Å². The van der Waals surface area contributed by atoms with E-state index in [1.165, 1.54) is 6.07 Å². The number of fused-ring (bicyclic) bond motifs is 1. The zero-order valence-corrected chi connectivity index (χ0v) is 16.5. The monoisotopic (exact) mass is 422 g/mol. The lowest BCUT2D eigenvalue weighted by molar-refractivity contribution is -0.144. The van der Waals surface area contributed by atoms with Gasteiger partial charge in [-0.05, 0) is 42.8 Å². The molecule has 0 spiro atoms. The first-order valence-corrected chi connectivity index (χ1v) is 10.5. The van der Waals surface area contributed by atoms with Crippen molar-refractivity contribution in [3.05, 3.63) is 59.1 Å². The molecule has 0 aliphatic carbocycles. The molecule has 9 heteroatoms. The van der Waals surface area contributed by atoms with Crippen LogP contribution in [0, 0.1) is 0 Å². The molecule has 1 aliphatic heterocycles. The van der Waals surface area contributed by atoms with Gasteiger partial charge < -0.3 is 9.47 Å². The van der Waals surface area contributed by atoms with E-state index in [-0.39, 0.29) is 30.5 Å². The Labute approximate surface area is 168 Å². The quantitative estimate of drug-likeness (QED) is 0.521. The van der Waals surface area contributed by atoms with Gasteiger partial charge in [0.15, 0.2) is 0 Å². The lowest BCUT2D eigenvalue weighted by Gasteiger charge is -2.07. The number of benzene rings is 2. The van der Waals surface area contributed by atoms with Gasteiger partial charge in [-0.15, -0.1) is 0 Å². The maximum Gasteiger partial charge on any atom is 0.305 e. The van der Waals surface area contributed by atoms with Crippen LogP contribution in [0.5, 0.6) is 5.75 Å². The Morgan fingerprint density at radius 3 is 2.61 bits per heavy atom. The number of amidine groups is 1. The van der Waals surface area contributed by atoms with Crippen LogP contribution in [0.3, 0.4) is 0 Å². The molecule has 2 aromatic carbocycles. The van der Waals surface area contributed by atoms with Gasteiger partial charge in [-0.1, -0.05) is 23.7 Å². The number of ether oxygens (including phenoxy) is 2. The smallest absolute Gasteiger partial charge is 0.305 e. The number of nitrogens with zero attached hydrogens (tertiary/aromatic N) is 1. The van der Waals surface area contributed by atoms with Crippen LogP contribution in [0.1, 0.15) is 18.4 Å². The highest BCUT2D eigenvalue weighted by Gasteiger charge is 2.29. The Morgan fingerprint density at radius 2 is 1.82 bits per heavy atom. The normalized spacial score (nSPS) is 15.7. The molecule has 0 amide bonds. The van der Waals surface area contributed by atoms with E-state index in [0.717, 1.165) is 0 Å². The zero-order valence-electron chi connectivity index (χ0n) is 14.9. The van der Waals surface area contributed by atoms with Gasteiger partial charge in [-0.25, -0.2) is 8.42 Å². The maximum atomic E-state index is 12.0. The molecule has 148 valence electrons. The Morgan fingerprint density at radius 1 is 1.07 bits per heavy atom. The molecule has 1 aliphatic rings. The van der Waals surface area contributed by atoms with Crippen LogP contribution in [0.4, 0.5) is 0 Å². The lowest BCUT2D eigenvalue weighted by atomic mass is 10.2. The van der Waals surface area contributed by atoms with Crippen LogP contribution in [-0.2, 0) is 19.6 Å². The summed E-state index contributed by atoms with van der Waals surface area (Å²) in [5, 5.41) is 0.622. The fourth-order valence-corrected chi connectivity index (χ4v) is 3.96. The van der Waals surface area contributed by atoms with Crippen LogP contribution < -0.4 is 9.46 Å². The SMILES string of the molecule is O=C(CCCN=C1NS(=O)(=O)c2ccccc21)OCCOc1ccc(Cl)cc1.